The van der Waals surface area contributed by atoms with Crippen LogP contribution < -0.4 is 5.32 Å². The molecule has 0 radical (unpaired) electrons. The molecule has 3 heteroatoms. The zero-order chi connectivity index (χ0) is 10.5. The molecule has 0 aromatic heterocycles. The first-order chi connectivity index (χ1) is 7.42. The van der Waals surface area contributed by atoms with Crippen LogP contribution in [0.1, 0.15) is 32.1 Å². The largest absolute Gasteiger partial charge is 0.395 e. The zero-order valence-corrected chi connectivity index (χ0v) is 9.62. The number of β-amino-alcohol motifs (C(OH)–C–C–N with tert-alkyl or cyclic N) is 1. The summed E-state index contributed by atoms with van der Waals surface area (Å²) in [5.74, 6) is 0.873. The predicted molar refractivity (Wildman–Crippen MR) is 61.9 cm³/mol. The number of rotatable bonds is 3. The third-order valence-electron chi connectivity index (χ3n) is 3.98. The quantitative estimate of drug-likeness (QED) is 0.727. The van der Waals surface area contributed by atoms with E-state index < -0.39 is 0 Å². The van der Waals surface area contributed by atoms with Gasteiger partial charge in [-0.1, -0.05) is 19.3 Å². The van der Waals surface area contributed by atoms with Crippen molar-refractivity contribution in [3.05, 3.63) is 0 Å². The molecule has 2 fully saturated rings. The number of hydrogen-bond donors (Lipinski definition) is 2. The van der Waals surface area contributed by atoms with Gasteiger partial charge in [0.05, 0.1) is 6.61 Å². The van der Waals surface area contributed by atoms with Crippen molar-refractivity contribution in [2.45, 2.75) is 38.1 Å². The molecule has 2 N–H and O–H groups in total. The SMILES string of the molecule is OCCN1CCNCC1C1CCCCC1. The standard InChI is InChI=1S/C12H24N2O/c15-9-8-14-7-6-13-10-12(14)11-4-2-1-3-5-11/h11-13,15H,1-10H2. The third kappa shape index (κ3) is 2.92. The minimum absolute atomic E-state index is 0.309. The van der Waals surface area contributed by atoms with Crippen LogP contribution in [0.2, 0.25) is 0 Å². The van der Waals surface area contributed by atoms with Crippen LogP contribution in [0.3, 0.4) is 0 Å². The Labute approximate surface area is 92.8 Å². The number of hydrogen-bond acceptors (Lipinski definition) is 3. The maximum absolute atomic E-state index is 9.07. The molecular weight excluding hydrogens is 188 g/mol. The van der Waals surface area contributed by atoms with Gasteiger partial charge < -0.3 is 10.4 Å². The van der Waals surface area contributed by atoms with Gasteiger partial charge in [0.25, 0.3) is 0 Å². The van der Waals surface area contributed by atoms with Gasteiger partial charge in [-0.2, -0.15) is 0 Å². The van der Waals surface area contributed by atoms with Crippen LogP contribution in [0.25, 0.3) is 0 Å². The van der Waals surface area contributed by atoms with E-state index in [1.165, 1.54) is 32.1 Å². The molecule has 0 bridgehead atoms. The summed E-state index contributed by atoms with van der Waals surface area (Å²) >= 11 is 0. The van der Waals surface area contributed by atoms with Crippen molar-refractivity contribution in [1.29, 1.82) is 0 Å². The van der Waals surface area contributed by atoms with Crippen molar-refractivity contribution in [3.8, 4) is 0 Å². The van der Waals surface area contributed by atoms with Gasteiger partial charge in [-0.15, -0.1) is 0 Å². The molecule has 0 aromatic carbocycles. The van der Waals surface area contributed by atoms with Crippen molar-refractivity contribution in [2.75, 3.05) is 32.8 Å². The predicted octanol–water partition coefficient (Wildman–Crippen LogP) is 0.833. The molecule has 3 nitrogen and oxygen atoms in total. The van der Waals surface area contributed by atoms with Gasteiger partial charge in [0.2, 0.25) is 0 Å². The second kappa shape index (κ2) is 5.83. The minimum atomic E-state index is 0.309. The van der Waals surface area contributed by atoms with Crippen LogP contribution in [0, 0.1) is 5.92 Å². The molecule has 1 saturated carbocycles. The molecule has 0 spiro atoms. The van der Waals surface area contributed by atoms with Crippen LogP contribution >= 0.6 is 0 Å². The molecule has 1 aliphatic carbocycles. The number of aliphatic hydroxyl groups excluding tert-OH is 1. The van der Waals surface area contributed by atoms with Crippen molar-refractivity contribution in [1.82, 2.24) is 10.2 Å². The molecule has 1 aliphatic heterocycles. The van der Waals surface area contributed by atoms with E-state index in [1.807, 2.05) is 0 Å². The first kappa shape index (κ1) is 11.4. The van der Waals surface area contributed by atoms with E-state index in [0.29, 0.717) is 12.6 Å². The van der Waals surface area contributed by atoms with Crippen LogP contribution in [0.4, 0.5) is 0 Å². The Hall–Kier alpha value is -0.120. The maximum atomic E-state index is 9.07. The Balaban J connectivity index is 1.90. The summed E-state index contributed by atoms with van der Waals surface area (Å²) in [5, 5.41) is 12.6. The fourth-order valence-corrected chi connectivity index (χ4v) is 3.16. The molecule has 15 heavy (non-hydrogen) atoms. The smallest absolute Gasteiger partial charge is 0.0558 e. The number of piperazine rings is 1. The summed E-state index contributed by atoms with van der Waals surface area (Å²) in [6.07, 6.45) is 7.04. The Morgan fingerprint density at radius 3 is 2.73 bits per heavy atom. The third-order valence-corrected chi connectivity index (χ3v) is 3.98. The monoisotopic (exact) mass is 212 g/mol. The van der Waals surface area contributed by atoms with Gasteiger partial charge in [-0.25, -0.2) is 0 Å². The van der Waals surface area contributed by atoms with Gasteiger partial charge >= 0.3 is 0 Å². The fourth-order valence-electron chi connectivity index (χ4n) is 3.16. The highest BCUT2D eigenvalue weighted by atomic mass is 16.3. The molecule has 2 aliphatic rings. The van der Waals surface area contributed by atoms with E-state index in [4.69, 9.17) is 5.11 Å². The van der Waals surface area contributed by atoms with E-state index in [9.17, 15) is 0 Å². The maximum Gasteiger partial charge on any atom is 0.0558 e. The van der Waals surface area contributed by atoms with Gasteiger partial charge in [0.1, 0.15) is 0 Å². The normalized spacial score (nSPS) is 30.6. The van der Waals surface area contributed by atoms with Gasteiger partial charge in [-0.05, 0) is 18.8 Å². The molecular formula is C12H24N2O. The van der Waals surface area contributed by atoms with Crippen molar-refractivity contribution in [2.24, 2.45) is 5.92 Å². The lowest BCUT2D eigenvalue weighted by Crippen LogP contribution is -2.55. The van der Waals surface area contributed by atoms with Gasteiger partial charge in [0.15, 0.2) is 0 Å². The summed E-state index contributed by atoms with van der Waals surface area (Å²) in [6, 6.07) is 0.686. The lowest BCUT2D eigenvalue weighted by atomic mass is 9.82. The molecule has 1 saturated heterocycles. The average Bonchev–Trinajstić information content (AvgIpc) is 2.31. The lowest BCUT2D eigenvalue weighted by Gasteiger charge is -2.42. The first-order valence-corrected chi connectivity index (χ1v) is 6.47. The van der Waals surface area contributed by atoms with E-state index in [1.54, 1.807) is 0 Å². The van der Waals surface area contributed by atoms with Gasteiger partial charge in [-0.3, -0.25) is 4.90 Å². The van der Waals surface area contributed by atoms with Crippen LogP contribution in [-0.4, -0.2) is 48.8 Å². The van der Waals surface area contributed by atoms with Gasteiger partial charge in [0, 0.05) is 32.2 Å². The second-order valence-corrected chi connectivity index (χ2v) is 4.93. The summed E-state index contributed by atoms with van der Waals surface area (Å²) in [5.41, 5.74) is 0. The van der Waals surface area contributed by atoms with Crippen LogP contribution in [0.15, 0.2) is 0 Å². The summed E-state index contributed by atoms with van der Waals surface area (Å²) in [7, 11) is 0. The summed E-state index contributed by atoms with van der Waals surface area (Å²) in [4.78, 5) is 2.49. The topological polar surface area (TPSA) is 35.5 Å². The number of nitrogens with zero attached hydrogens (tertiary/aromatic N) is 1. The van der Waals surface area contributed by atoms with E-state index in [2.05, 4.69) is 10.2 Å². The van der Waals surface area contributed by atoms with Crippen LogP contribution in [-0.2, 0) is 0 Å². The fraction of sp³-hybridized carbons (Fsp3) is 1.00. The highest BCUT2D eigenvalue weighted by molar-refractivity contribution is 4.86. The zero-order valence-electron chi connectivity index (χ0n) is 9.62. The number of nitrogens with one attached hydrogen (secondary N) is 1. The highest BCUT2D eigenvalue weighted by Gasteiger charge is 2.29. The Bertz CT molecular complexity index is 168. The molecule has 88 valence electrons. The Kier molecular flexibility index (Phi) is 4.42. The molecule has 1 atom stereocenters. The van der Waals surface area contributed by atoms with E-state index >= 15 is 0 Å². The van der Waals surface area contributed by atoms with Crippen LogP contribution in [0.5, 0.6) is 0 Å². The van der Waals surface area contributed by atoms with Crippen molar-refractivity contribution < 1.29 is 5.11 Å². The summed E-state index contributed by atoms with van der Waals surface area (Å²) < 4.78 is 0. The Morgan fingerprint density at radius 1 is 1.20 bits per heavy atom. The van der Waals surface area contributed by atoms with E-state index in [0.717, 1.165) is 32.1 Å². The molecule has 0 amide bonds. The molecule has 1 heterocycles. The van der Waals surface area contributed by atoms with Crippen molar-refractivity contribution >= 4 is 0 Å². The Morgan fingerprint density at radius 2 is 2.00 bits per heavy atom. The lowest BCUT2D eigenvalue weighted by molar-refractivity contribution is 0.0749. The average molecular weight is 212 g/mol. The van der Waals surface area contributed by atoms with Crippen molar-refractivity contribution in [3.63, 3.8) is 0 Å². The van der Waals surface area contributed by atoms with E-state index in [-0.39, 0.29) is 0 Å². The minimum Gasteiger partial charge on any atom is -0.395 e. The second-order valence-electron chi connectivity index (χ2n) is 4.93. The molecule has 2 rings (SSSR count). The number of aliphatic hydroxyl groups is 1. The first-order valence-electron chi connectivity index (χ1n) is 6.47. The molecule has 1 unspecified atom stereocenters. The summed E-state index contributed by atoms with van der Waals surface area (Å²) in [6.45, 7) is 4.50. The highest BCUT2D eigenvalue weighted by Crippen LogP contribution is 2.29. The molecule has 0 aromatic rings.